The zero-order chi connectivity index (χ0) is 11.0. The molecule has 2 aromatic heterocycles. The van der Waals surface area contributed by atoms with Crippen molar-refractivity contribution in [3.63, 3.8) is 0 Å². The third-order valence-electron chi connectivity index (χ3n) is 1.29. The predicted octanol–water partition coefficient (Wildman–Crippen LogP) is 2.19. The molecule has 0 bridgehead atoms. The molecule has 2 aromatic rings. The maximum absolute atomic E-state index is 7.68. The van der Waals surface area contributed by atoms with Gasteiger partial charge in [-0.15, -0.1) is 0 Å². The molecule has 0 atom stereocenters. The first kappa shape index (κ1) is 6.67. The van der Waals surface area contributed by atoms with Crippen molar-refractivity contribution < 1.29 is 2.74 Å². The van der Waals surface area contributed by atoms with Crippen molar-refractivity contribution in [2.45, 2.75) is 0 Å². The van der Waals surface area contributed by atoms with Crippen LogP contribution in [0.2, 0.25) is 0 Å². The van der Waals surface area contributed by atoms with Crippen LogP contribution in [0.3, 0.4) is 0 Å². The van der Waals surface area contributed by atoms with E-state index in [1.54, 1.807) is 12.3 Å². The minimum Gasteiger partial charge on any atom is -0.289 e. The van der Waals surface area contributed by atoms with Crippen molar-refractivity contribution in [2.24, 2.45) is 0 Å². The van der Waals surface area contributed by atoms with Gasteiger partial charge in [-0.3, -0.25) is 4.57 Å². The second kappa shape index (κ2) is 3.55. The van der Waals surface area contributed by atoms with Crippen LogP contribution in [0.25, 0.3) is 5.82 Å². The largest absolute Gasteiger partial charge is 0.289 e. The number of aromatic nitrogens is 4. The summed E-state index contributed by atoms with van der Waals surface area (Å²) in [5.41, 5.74) is 0. The van der Waals surface area contributed by atoms with Crippen molar-refractivity contribution in [1.29, 1.82) is 0 Å². The SMILES string of the molecule is [2H]c1nc(Br)c([2H])n1-c1ccnc(Br)n1. The Balaban J connectivity index is 2.63. The van der Waals surface area contributed by atoms with Gasteiger partial charge in [0.05, 0.1) is 1.37 Å². The summed E-state index contributed by atoms with van der Waals surface area (Å²) >= 11 is 6.21. The monoisotopic (exact) mass is 304 g/mol. The summed E-state index contributed by atoms with van der Waals surface area (Å²) in [6.45, 7) is 0. The lowest BCUT2D eigenvalue weighted by molar-refractivity contribution is 0.953. The summed E-state index contributed by atoms with van der Waals surface area (Å²) in [4.78, 5) is 11.7. The van der Waals surface area contributed by atoms with E-state index in [0.29, 0.717) is 15.2 Å². The molecular formula is C7H4Br2N4. The van der Waals surface area contributed by atoms with Gasteiger partial charge in [-0.05, 0) is 37.9 Å². The first-order chi connectivity index (χ1) is 7.09. The van der Waals surface area contributed by atoms with Gasteiger partial charge in [0.1, 0.15) is 18.1 Å². The molecule has 2 rings (SSSR count). The molecule has 0 radical (unpaired) electrons. The molecule has 0 spiro atoms. The van der Waals surface area contributed by atoms with E-state index >= 15 is 0 Å². The maximum Gasteiger partial charge on any atom is 0.198 e. The van der Waals surface area contributed by atoms with Crippen LogP contribution in [0.15, 0.2) is 34.1 Å². The molecule has 0 aromatic carbocycles. The Bertz CT molecular complexity index is 514. The smallest absolute Gasteiger partial charge is 0.198 e. The summed E-state index contributed by atoms with van der Waals surface area (Å²) in [6, 6.07) is 1.61. The van der Waals surface area contributed by atoms with E-state index in [4.69, 9.17) is 2.74 Å². The average Bonchev–Trinajstić information content (AvgIpc) is 2.41. The molecular weight excluding hydrogens is 300 g/mol. The van der Waals surface area contributed by atoms with Crippen molar-refractivity contribution in [2.75, 3.05) is 0 Å². The second-order valence-electron chi connectivity index (χ2n) is 2.13. The number of imidazole rings is 1. The topological polar surface area (TPSA) is 43.6 Å². The first-order valence-corrected chi connectivity index (χ1v) is 4.88. The number of hydrogen-bond donors (Lipinski definition) is 0. The van der Waals surface area contributed by atoms with Crippen LogP contribution in [-0.2, 0) is 0 Å². The Morgan fingerprint density at radius 3 is 2.85 bits per heavy atom. The minimum absolute atomic E-state index is 0.0440. The Morgan fingerprint density at radius 1 is 1.38 bits per heavy atom. The van der Waals surface area contributed by atoms with Gasteiger partial charge in [0.15, 0.2) is 4.73 Å². The van der Waals surface area contributed by atoms with E-state index in [2.05, 4.69) is 46.8 Å². The first-order valence-electron chi connectivity index (χ1n) is 4.30. The Labute approximate surface area is 94.1 Å². The third-order valence-corrected chi connectivity index (χ3v) is 2.03. The Morgan fingerprint density at radius 2 is 2.23 bits per heavy atom. The van der Waals surface area contributed by atoms with E-state index in [-0.39, 0.29) is 12.5 Å². The molecule has 0 unspecified atom stereocenters. The van der Waals surface area contributed by atoms with Crippen LogP contribution in [0.1, 0.15) is 2.74 Å². The molecule has 2 heterocycles. The van der Waals surface area contributed by atoms with Crippen LogP contribution >= 0.6 is 31.9 Å². The molecule has 0 saturated carbocycles. The van der Waals surface area contributed by atoms with Gasteiger partial charge >= 0.3 is 0 Å². The van der Waals surface area contributed by atoms with E-state index in [1.807, 2.05) is 0 Å². The normalized spacial score (nSPS) is 12.5. The highest BCUT2D eigenvalue weighted by Crippen LogP contribution is 2.11. The molecule has 0 aliphatic heterocycles. The molecule has 0 amide bonds. The van der Waals surface area contributed by atoms with E-state index in [9.17, 15) is 0 Å². The second-order valence-corrected chi connectivity index (χ2v) is 3.59. The molecule has 13 heavy (non-hydrogen) atoms. The van der Waals surface area contributed by atoms with E-state index < -0.39 is 0 Å². The van der Waals surface area contributed by atoms with Crippen LogP contribution in [0.4, 0.5) is 0 Å². The van der Waals surface area contributed by atoms with Crippen molar-refractivity contribution in [3.05, 3.63) is 34.1 Å². The number of hydrogen-bond acceptors (Lipinski definition) is 3. The van der Waals surface area contributed by atoms with Gasteiger partial charge in [0.25, 0.3) is 0 Å². The molecule has 0 aliphatic rings. The zero-order valence-corrected chi connectivity index (χ0v) is 9.37. The minimum atomic E-state index is -0.0440. The average molecular weight is 306 g/mol. The van der Waals surface area contributed by atoms with Gasteiger partial charge < -0.3 is 0 Å². The van der Waals surface area contributed by atoms with Gasteiger partial charge in [0.2, 0.25) is 0 Å². The number of halogens is 2. The summed E-state index contributed by atoms with van der Waals surface area (Å²) in [5, 5.41) is 0. The molecule has 66 valence electrons. The highest BCUT2D eigenvalue weighted by molar-refractivity contribution is 9.10. The summed E-state index contributed by atoms with van der Waals surface area (Å²) < 4.78 is 17.3. The van der Waals surface area contributed by atoms with Crippen LogP contribution in [0, 0.1) is 0 Å². The quantitative estimate of drug-likeness (QED) is 0.759. The standard InChI is InChI=1S/C7H4Br2N4/c8-5-3-13(4-11-5)6-1-2-10-7(9)12-6/h1-4H/i3D,4D. The summed E-state index contributed by atoms with van der Waals surface area (Å²) in [5.74, 6) is 0.435. The van der Waals surface area contributed by atoms with Gasteiger partial charge in [0, 0.05) is 12.4 Å². The molecule has 0 saturated heterocycles. The molecule has 0 N–H and O–H groups in total. The maximum atomic E-state index is 7.68. The summed E-state index contributed by atoms with van der Waals surface area (Å²) in [6.07, 6.45) is 1.59. The molecule has 4 nitrogen and oxygen atoms in total. The number of rotatable bonds is 1. The number of nitrogens with zero attached hydrogens (tertiary/aromatic N) is 4. The van der Waals surface area contributed by atoms with Gasteiger partial charge in [-0.25, -0.2) is 15.0 Å². The fourth-order valence-electron chi connectivity index (χ4n) is 0.795. The van der Waals surface area contributed by atoms with Crippen LogP contribution in [0.5, 0.6) is 0 Å². The summed E-state index contributed by atoms with van der Waals surface area (Å²) in [7, 11) is 0. The molecule has 0 aliphatic carbocycles. The van der Waals surface area contributed by atoms with Crippen molar-refractivity contribution >= 4 is 31.9 Å². The lowest BCUT2D eigenvalue weighted by atomic mass is 10.6. The lowest BCUT2D eigenvalue weighted by Crippen LogP contribution is -1.95. The predicted molar refractivity (Wildman–Crippen MR) is 54.6 cm³/mol. The fraction of sp³-hybridized carbons (Fsp3) is 0. The highest BCUT2D eigenvalue weighted by atomic mass is 79.9. The lowest BCUT2D eigenvalue weighted by Gasteiger charge is -1.98. The van der Waals surface area contributed by atoms with Gasteiger partial charge in [-0.1, -0.05) is 0 Å². The van der Waals surface area contributed by atoms with Crippen LogP contribution < -0.4 is 0 Å². The molecule has 0 fully saturated rings. The van der Waals surface area contributed by atoms with Gasteiger partial charge in [-0.2, -0.15) is 0 Å². The Kier molecular flexibility index (Phi) is 1.82. The molecule has 6 heteroatoms. The zero-order valence-electron chi connectivity index (χ0n) is 8.20. The van der Waals surface area contributed by atoms with E-state index in [0.717, 1.165) is 0 Å². The van der Waals surface area contributed by atoms with Crippen molar-refractivity contribution in [1.82, 2.24) is 19.5 Å². The van der Waals surface area contributed by atoms with E-state index in [1.165, 1.54) is 4.57 Å². The Hall–Kier alpha value is -0.750. The third kappa shape index (κ3) is 1.94. The van der Waals surface area contributed by atoms with Crippen LogP contribution in [-0.4, -0.2) is 19.5 Å². The van der Waals surface area contributed by atoms with Crippen molar-refractivity contribution in [3.8, 4) is 5.82 Å². The fourth-order valence-corrected chi connectivity index (χ4v) is 1.35. The highest BCUT2D eigenvalue weighted by Gasteiger charge is 1.99.